The molecule has 1 amide bonds. The van der Waals surface area contributed by atoms with E-state index in [1.807, 2.05) is 0 Å². The Morgan fingerprint density at radius 2 is 1.90 bits per heavy atom. The van der Waals surface area contributed by atoms with Crippen molar-refractivity contribution in [3.63, 3.8) is 0 Å². The van der Waals surface area contributed by atoms with Crippen LogP contribution >= 0.6 is 0 Å². The van der Waals surface area contributed by atoms with Gasteiger partial charge in [-0.1, -0.05) is 0 Å². The number of ether oxygens (including phenoxy) is 1. The van der Waals surface area contributed by atoms with Crippen molar-refractivity contribution in [3.8, 4) is 0 Å². The highest BCUT2D eigenvalue weighted by atomic mass is 19.4. The number of anilines is 2. The number of halogens is 3. The summed E-state index contributed by atoms with van der Waals surface area (Å²) in [5, 5.41) is 12.4. The molecule has 2 saturated heterocycles. The minimum Gasteiger partial charge on any atom is -0.456 e. The third kappa shape index (κ3) is 4.46. The van der Waals surface area contributed by atoms with Gasteiger partial charge in [-0.05, 0) is 49.6 Å². The lowest BCUT2D eigenvalue weighted by atomic mass is 9.98. The molecule has 30 heavy (non-hydrogen) atoms. The average Bonchev–Trinajstić information content (AvgIpc) is 3.37. The topological polar surface area (TPSA) is 74.9 Å². The molecule has 0 aliphatic carbocycles. The van der Waals surface area contributed by atoms with Crippen LogP contribution < -0.4 is 10.2 Å². The zero-order valence-electron chi connectivity index (χ0n) is 16.2. The van der Waals surface area contributed by atoms with E-state index in [9.17, 15) is 23.1 Å². The number of β-amino-alcohol motifs (C(OH)–C–C–N with tert-alkyl or cyclic N) is 1. The summed E-state index contributed by atoms with van der Waals surface area (Å²) in [4.78, 5) is 14.5. The number of aliphatic hydroxyl groups excluding tert-OH is 1. The Labute approximate surface area is 171 Å². The molecule has 0 bridgehead atoms. The summed E-state index contributed by atoms with van der Waals surface area (Å²) < 4.78 is 50.7. The highest BCUT2D eigenvalue weighted by molar-refractivity contribution is 6.04. The van der Waals surface area contributed by atoms with Crippen molar-refractivity contribution >= 4 is 17.3 Å². The van der Waals surface area contributed by atoms with Crippen LogP contribution in [-0.4, -0.2) is 43.4 Å². The van der Waals surface area contributed by atoms with Gasteiger partial charge in [0.25, 0.3) is 5.91 Å². The van der Waals surface area contributed by atoms with E-state index in [0.29, 0.717) is 44.2 Å². The van der Waals surface area contributed by atoms with Gasteiger partial charge in [0.2, 0.25) is 0 Å². The van der Waals surface area contributed by atoms with Crippen LogP contribution in [0.1, 0.15) is 47.1 Å². The number of benzene rings is 1. The zero-order valence-corrected chi connectivity index (χ0v) is 16.2. The summed E-state index contributed by atoms with van der Waals surface area (Å²) in [6, 6.07) is 6.49. The average molecular weight is 424 g/mol. The van der Waals surface area contributed by atoms with Gasteiger partial charge in [0.1, 0.15) is 5.76 Å². The van der Waals surface area contributed by atoms with Crippen molar-refractivity contribution in [2.75, 3.05) is 36.5 Å². The maximum atomic E-state index is 13.2. The molecule has 2 N–H and O–H groups in total. The third-order valence-corrected chi connectivity index (χ3v) is 5.55. The molecular weight excluding hydrogens is 401 g/mol. The number of rotatable bonds is 4. The van der Waals surface area contributed by atoms with E-state index in [2.05, 4.69) is 5.32 Å². The van der Waals surface area contributed by atoms with Crippen molar-refractivity contribution in [2.45, 2.75) is 37.5 Å². The van der Waals surface area contributed by atoms with E-state index in [1.165, 1.54) is 12.1 Å². The quantitative estimate of drug-likeness (QED) is 0.776. The van der Waals surface area contributed by atoms with Crippen LogP contribution in [-0.2, 0) is 10.9 Å². The Kier molecular flexibility index (Phi) is 5.75. The summed E-state index contributed by atoms with van der Waals surface area (Å²) in [7, 11) is 0. The number of alkyl halides is 3. The number of nitrogens with zero attached hydrogens (tertiary/aromatic N) is 1. The molecule has 6 nitrogen and oxygen atoms in total. The Morgan fingerprint density at radius 3 is 2.57 bits per heavy atom. The fourth-order valence-electron chi connectivity index (χ4n) is 3.91. The first-order chi connectivity index (χ1) is 14.3. The van der Waals surface area contributed by atoms with Gasteiger partial charge in [0, 0.05) is 32.2 Å². The monoisotopic (exact) mass is 424 g/mol. The normalized spacial score (nSPS) is 20.5. The molecule has 2 aliphatic rings. The molecule has 1 aromatic carbocycles. The zero-order chi connectivity index (χ0) is 21.3. The minimum atomic E-state index is -4.54. The first-order valence-corrected chi connectivity index (χ1v) is 9.94. The molecule has 3 heterocycles. The molecule has 2 aliphatic heterocycles. The van der Waals surface area contributed by atoms with Gasteiger partial charge in [-0.15, -0.1) is 0 Å². The van der Waals surface area contributed by atoms with Gasteiger partial charge in [-0.2, -0.15) is 13.2 Å². The number of carbonyl (C=O) groups is 1. The van der Waals surface area contributed by atoms with Crippen LogP contribution in [0, 0.1) is 0 Å². The number of hydrogen-bond donors (Lipinski definition) is 2. The lowest BCUT2D eigenvalue weighted by Crippen LogP contribution is -2.24. The number of amides is 1. The van der Waals surface area contributed by atoms with Crippen LogP contribution in [0.25, 0.3) is 0 Å². The molecule has 162 valence electrons. The first-order valence-electron chi connectivity index (χ1n) is 9.94. The number of hydrogen-bond acceptors (Lipinski definition) is 5. The molecule has 0 radical (unpaired) electrons. The maximum Gasteiger partial charge on any atom is 0.416 e. The smallest absolute Gasteiger partial charge is 0.416 e. The minimum absolute atomic E-state index is 0.0351. The molecule has 9 heteroatoms. The van der Waals surface area contributed by atoms with Crippen LogP contribution in [0.15, 0.2) is 34.7 Å². The van der Waals surface area contributed by atoms with E-state index < -0.39 is 23.8 Å². The van der Waals surface area contributed by atoms with E-state index >= 15 is 0 Å². The highest BCUT2D eigenvalue weighted by Gasteiger charge is 2.33. The van der Waals surface area contributed by atoms with E-state index in [-0.39, 0.29) is 17.4 Å². The molecule has 0 spiro atoms. The molecule has 0 saturated carbocycles. The molecule has 2 fully saturated rings. The molecule has 1 atom stereocenters. The van der Waals surface area contributed by atoms with Crippen LogP contribution in [0.4, 0.5) is 24.5 Å². The van der Waals surface area contributed by atoms with Crippen LogP contribution in [0.2, 0.25) is 0 Å². The second-order valence-electron chi connectivity index (χ2n) is 7.66. The van der Waals surface area contributed by atoms with E-state index in [4.69, 9.17) is 9.15 Å². The SMILES string of the molecule is O=C(Nc1cc(C(F)(F)F)ccc1N1CC[C@H](O)C1)c1ccc(C2CCOCC2)o1. The molecule has 1 aromatic heterocycles. The third-order valence-electron chi connectivity index (χ3n) is 5.55. The lowest BCUT2D eigenvalue weighted by Gasteiger charge is -2.23. The van der Waals surface area contributed by atoms with Crippen molar-refractivity contribution < 1.29 is 32.2 Å². The Bertz CT molecular complexity index is 906. The van der Waals surface area contributed by atoms with Gasteiger partial charge in [0.05, 0.1) is 23.0 Å². The summed E-state index contributed by atoms with van der Waals surface area (Å²) in [5.74, 6) is 0.265. The van der Waals surface area contributed by atoms with Gasteiger partial charge < -0.3 is 24.5 Å². The van der Waals surface area contributed by atoms with Crippen molar-refractivity contribution in [1.82, 2.24) is 0 Å². The second kappa shape index (κ2) is 8.31. The summed E-state index contributed by atoms with van der Waals surface area (Å²) in [5.41, 5.74) is -0.388. The highest BCUT2D eigenvalue weighted by Crippen LogP contribution is 2.37. The predicted octanol–water partition coefficient (Wildman–Crippen LogP) is 4.02. The predicted molar refractivity (Wildman–Crippen MR) is 104 cm³/mol. The van der Waals surface area contributed by atoms with E-state index in [0.717, 1.165) is 25.0 Å². The van der Waals surface area contributed by atoms with Gasteiger partial charge in [0.15, 0.2) is 5.76 Å². The van der Waals surface area contributed by atoms with Crippen LogP contribution in [0.3, 0.4) is 0 Å². The van der Waals surface area contributed by atoms with Crippen molar-refractivity contribution in [1.29, 1.82) is 0 Å². The number of nitrogens with one attached hydrogen (secondary N) is 1. The molecular formula is C21H23F3N2O4. The van der Waals surface area contributed by atoms with Crippen molar-refractivity contribution in [2.24, 2.45) is 0 Å². The fourth-order valence-corrected chi connectivity index (χ4v) is 3.91. The number of furan rings is 1. The number of carbonyl (C=O) groups excluding carboxylic acids is 1. The van der Waals surface area contributed by atoms with Gasteiger partial charge >= 0.3 is 6.18 Å². The standard InChI is InChI=1S/C21H23F3N2O4/c22-21(23,24)14-1-2-17(26-8-5-15(27)12-26)16(11-14)25-20(28)19-4-3-18(30-19)13-6-9-29-10-7-13/h1-4,11,13,15,27H,5-10,12H2,(H,25,28)/t15-/m0/s1. The van der Waals surface area contributed by atoms with Crippen LogP contribution in [0.5, 0.6) is 0 Å². The Balaban J connectivity index is 1.57. The summed E-state index contributed by atoms with van der Waals surface area (Å²) in [6.45, 7) is 2.04. The Morgan fingerprint density at radius 1 is 1.13 bits per heavy atom. The number of aliphatic hydroxyl groups is 1. The lowest BCUT2D eigenvalue weighted by molar-refractivity contribution is -0.137. The fraction of sp³-hybridized carbons (Fsp3) is 0.476. The Hall–Kier alpha value is -2.52. The van der Waals surface area contributed by atoms with Gasteiger partial charge in [-0.25, -0.2) is 0 Å². The second-order valence-corrected chi connectivity index (χ2v) is 7.66. The van der Waals surface area contributed by atoms with Crippen molar-refractivity contribution in [3.05, 3.63) is 47.4 Å². The molecule has 2 aromatic rings. The molecule has 4 rings (SSSR count). The summed E-state index contributed by atoms with van der Waals surface area (Å²) >= 11 is 0. The first kappa shape index (κ1) is 20.7. The van der Waals surface area contributed by atoms with Gasteiger partial charge in [-0.3, -0.25) is 4.79 Å². The molecule has 0 unspecified atom stereocenters. The summed E-state index contributed by atoms with van der Waals surface area (Å²) in [6.07, 6.45) is -2.99. The maximum absolute atomic E-state index is 13.2. The van der Waals surface area contributed by atoms with E-state index in [1.54, 1.807) is 11.0 Å². The largest absolute Gasteiger partial charge is 0.456 e.